The van der Waals surface area contributed by atoms with Crippen LogP contribution in [-0.2, 0) is 0 Å². The van der Waals surface area contributed by atoms with Crippen LogP contribution >= 0.6 is 22.7 Å². The number of benzene rings is 19. The molecule has 23 rings (SSSR count). The summed E-state index contributed by atoms with van der Waals surface area (Å²) in [6.07, 6.45) is 0. The van der Waals surface area contributed by atoms with E-state index in [1.807, 2.05) is 77.3 Å². The summed E-state index contributed by atoms with van der Waals surface area (Å²) in [5.41, 5.74) is 26.7. The van der Waals surface area contributed by atoms with E-state index in [0.29, 0.717) is 34.9 Å². The molecule has 8 heteroatoms. The van der Waals surface area contributed by atoms with Crippen molar-refractivity contribution in [1.82, 2.24) is 29.9 Å². The van der Waals surface area contributed by atoms with Crippen LogP contribution in [0.5, 0.6) is 0 Å². The molecule has 4 heterocycles. The zero-order chi connectivity index (χ0) is 82.2. The minimum Gasteiger partial charge on any atom is -0.208 e. The highest BCUT2D eigenvalue weighted by atomic mass is 32.1. The lowest BCUT2D eigenvalue weighted by Gasteiger charge is -2.15. The molecule has 0 saturated heterocycles. The maximum atomic E-state index is 5.22. The molecule has 0 aliphatic carbocycles. The van der Waals surface area contributed by atoms with Crippen molar-refractivity contribution in [3.05, 3.63) is 449 Å². The Morgan fingerprint density at radius 3 is 0.613 bits per heavy atom. The molecule has 0 aliphatic heterocycles. The van der Waals surface area contributed by atoms with Crippen LogP contribution in [-0.4, -0.2) is 29.9 Å². The first-order valence-electron chi connectivity index (χ1n) is 41.8. The van der Waals surface area contributed by atoms with Gasteiger partial charge in [-0.3, -0.25) is 0 Å². The van der Waals surface area contributed by atoms with Gasteiger partial charge in [0.15, 0.2) is 34.9 Å². The molecule has 0 aliphatic rings. The Kier molecular flexibility index (Phi) is 19.6. The predicted octanol–water partition coefficient (Wildman–Crippen LogP) is 31.8. The molecule has 0 radical (unpaired) electrons. The van der Waals surface area contributed by atoms with Crippen LogP contribution < -0.4 is 0 Å². The number of thiophene rings is 2. The van der Waals surface area contributed by atoms with Gasteiger partial charge >= 0.3 is 0 Å². The number of nitrogens with zero attached hydrogens (tertiary/aromatic N) is 6. The van der Waals surface area contributed by atoms with Crippen molar-refractivity contribution in [2.75, 3.05) is 0 Å². The van der Waals surface area contributed by atoms with E-state index in [1.165, 1.54) is 118 Å². The predicted molar refractivity (Wildman–Crippen MR) is 522 cm³/mol. The topological polar surface area (TPSA) is 77.3 Å². The molecule has 19 aromatic carbocycles. The highest BCUT2D eigenvalue weighted by Gasteiger charge is 2.23. The summed E-state index contributed by atoms with van der Waals surface area (Å²) in [5.74, 6) is 3.80. The smallest absolute Gasteiger partial charge is 0.164 e. The van der Waals surface area contributed by atoms with E-state index in [2.05, 4.69) is 394 Å². The molecule has 0 N–H and O–H groups in total. The molecular weight excluding hydrogens is 1540 g/mol. The van der Waals surface area contributed by atoms with E-state index in [9.17, 15) is 0 Å². The molecular formula is C116H74N6S2. The third-order valence-corrected chi connectivity index (χ3v) is 26.1. The van der Waals surface area contributed by atoms with E-state index in [1.54, 1.807) is 0 Å². The Labute approximate surface area is 726 Å². The average Bonchev–Trinajstić information content (AvgIpc) is 1.34. The third kappa shape index (κ3) is 14.2. The largest absolute Gasteiger partial charge is 0.208 e. The Balaban J connectivity index is 0.000000148. The molecule has 0 atom stereocenters. The molecule has 124 heavy (non-hydrogen) atoms. The average molecular weight is 1620 g/mol. The van der Waals surface area contributed by atoms with Gasteiger partial charge in [0.05, 0.1) is 0 Å². The summed E-state index contributed by atoms with van der Waals surface area (Å²) in [7, 11) is 0. The fourth-order valence-corrected chi connectivity index (χ4v) is 20.0. The van der Waals surface area contributed by atoms with Gasteiger partial charge in [-0.15, -0.1) is 22.7 Å². The Hall–Kier alpha value is -15.8. The van der Waals surface area contributed by atoms with Gasteiger partial charge in [-0.25, -0.2) is 29.9 Å². The van der Waals surface area contributed by atoms with E-state index < -0.39 is 0 Å². The van der Waals surface area contributed by atoms with Crippen molar-refractivity contribution in [3.8, 4) is 168 Å². The van der Waals surface area contributed by atoms with Gasteiger partial charge in [0.1, 0.15) is 0 Å². The molecule has 580 valence electrons. The first-order valence-corrected chi connectivity index (χ1v) is 43.4. The molecule has 0 bridgehead atoms. The molecule has 0 fully saturated rings. The van der Waals surface area contributed by atoms with Crippen LogP contribution in [0.15, 0.2) is 449 Å². The zero-order valence-electron chi connectivity index (χ0n) is 67.2. The van der Waals surface area contributed by atoms with Crippen molar-refractivity contribution in [2.24, 2.45) is 0 Å². The van der Waals surface area contributed by atoms with E-state index in [0.717, 1.165) is 77.9 Å². The summed E-state index contributed by atoms with van der Waals surface area (Å²) in [4.78, 5) is 30.8. The number of hydrogen-bond acceptors (Lipinski definition) is 8. The third-order valence-electron chi connectivity index (χ3n) is 23.6. The second kappa shape index (κ2) is 32.7. The lowest BCUT2D eigenvalue weighted by molar-refractivity contribution is 1.07. The van der Waals surface area contributed by atoms with Gasteiger partial charge in [-0.2, -0.15) is 0 Å². The van der Waals surface area contributed by atoms with Crippen LogP contribution in [0.1, 0.15) is 0 Å². The van der Waals surface area contributed by atoms with Gasteiger partial charge in [0, 0.05) is 73.7 Å². The second-order valence-electron chi connectivity index (χ2n) is 31.0. The minimum absolute atomic E-state index is 0.620. The Morgan fingerprint density at radius 2 is 0.306 bits per heavy atom. The molecule has 0 saturated carbocycles. The quantitative estimate of drug-likeness (QED) is 0.102. The number of fused-ring (bicyclic) bond motifs is 8. The summed E-state index contributed by atoms with van der Waals surface area (Å²) >= 11 is 3.75. The van der Waals surface area contributed by atoms with Crippen molar-refractivity contribution >= 4 is 84.6 Å². The van der Waals surface area contributed by atoms with Crippen LogP contribution in [0.4, 0.5) is 0 Å². The van der Waals surface area contributed by atoms with E-state index >= 15 is 0 Å². The number of rotatable bonds is 15. The summed E-state index contributed by atoms with van der Waals surface area (Å²) in [5, 5.41) is 10.1. The number of aromatic nitrogens is 6. The van der Waals surface area contributed by atoms with Crippen molar-refractivity contribution in [3.63, 3.8) is 0 Å². The van der Waals surface area contributed by atoms with Crippen LogP contribution in [0.2, 0.25) is 0 Å². The maximum Gasteiger partial charge on any atom is 0.164 e. The summed E-state index contributed by atoms with van der Waals surface area (Å²) in [6.45, 7) is 0. The molecule has 0 spiro atoms. The van der Waals surface area contributed by atoms with Crippen molar-refractivity contribution < 1.29 is 0 Å². The van der Waals surface area contributed by atoms with Gasteiger partial charge < -0.3 is 0 Å². The molecule has 6 nitrogen and oxygen atoms in total. The minimum atomic E-state index is 0.620. The van der Waals surface area contributed by atoms with Gasteiger partial charge in [0.2, 0.25) is 0 Å². The van der Waals surface area contributed by atoms with Crippen molar-refractivity contribution in [2.45, 2.75) is 0 Å². The van der Waals surface area contributed by atoms with E-state index in [-0.39, 0.29) is 0 Å². The first-order chi connectivity index (χ1) is 61.5. The molecule has 0 amide bonds. The van der Waals surface area contributed by atoms with Gasteiger partial charge in [0.25, 0.3) is 0 Å². The Morgan fingerprint density at radius 1 is 0.113 bits per heavy atom. The van der Waals surface area contributed by atoms with Crippen LogP contribution in [0.25, 0.3) is 230 Å². The molecule has 23 aromatic rings. The fourth-order valence-electron chi connectivity index (χ4n) is 17.5. The van der Waals surface area contributed by atoms with Crippen LogP contribution in [0, 0.1) is 0 Å². The van der Waals surface area contributed by atoms with Gasteiger partial charge in [-0.05, 0) is 134 Å². The summed E-state index contributed by atoms with van der Waals surface area (Å²) in [6, 6.07) is 159. The lowest BCUT2D eigenvalue weighted by atomic mass is 9.91. The normalized spacial score (nSPS) is 11.4. The summed E-state index contributed by atoms with van der Waals surface area (Å²) < 4.78 is 5.32. The zero-order valence-corrected chi connectivity index (χ0v) is 68.9. The lowest BCUT2D eigenvalue weighted by Crippen LogP contribution is -2.02. The molecule has 0 unspecified atom stereocenters. The maximum absolute atomic E-state index is 5.22. The van der Waals surface area contributed by atoms with Crippen LogP contribution in [0.3, 0.4) is 0 Å². The van der Waals surface area contributed by atoms with E-state index in [4.69, 9.17) is 29.9 Å². The van der Waals surface area contributed by atoms with Gasteiger partial charge in [-0.1, -0.05) is 437 Å². The highest BCUT2D eigenvalue weighted by molar-refractivity contribution is 7.26. The first kappa shape index (κ1) is 74.5. The standard InChI is InChI=1S/C61H39N3S.C55H35N3S/c1-3-16-40(17-4-1)46-20-7-11-25-55(46)60-62-59(63-61(64-60)56-26-12-8-21-47(56)41-18-5-2-6-19-41)45-36-34-43(35-37-45)49-39-38-48(51-22-9-10-23-52(49)51)42-30-32-44(33-31-42)50-27-15-28-54-53-24-13-14-29-57(53)65-58(50)54;1-3-14-36(15-4-1)42-18-7-10-22-50(42)55-57-53(40-16-5-2-6-17-40)56-54(58-55)41-32-30-38(31-33-41)44-35-34-43(46-19-8-9-20-47(44)46)37-26-28-39(29-27-37)45-23-13-24-49-48-21-11-12-25-51(48)59-52(45)49/h1-39H;1-35H. The second-order valence-corrected chi connectivity index (χ2v) is 33.1. The Bertz CT molecular complexity index is 7830. The highest BCUT2D eigenvalue weighted by Crippen LogP contribution is 2.46. The monoisotopic (exact) mass is 1610 g/mol. The number of hydrogen-bond donors (Lipinski definition) is 0. The fraction of sp³-hybridized carbons (Fsp3) is 0. The van der Waals surface area contributed by atoms with Crippen molar-refractivity contribution in [1.29, 1.82) is 0 Å². The SMILES string of the molecule is c1ccc(-c2ccccc2-c2nc(-c3ccc(-c4ccc(-c5ccc(-c6cccc7c6sc6ccccc67)cc5)c5ccccc45)cc3)nc(-c3ccccc3-c3ccccc3)n2)cc1.c1ccc(-c2nc(-c3ccc(-c4ccc(-c5ccc(-c6cccc7c6sc6ccccc67)cc5)c5ccccc45)cc3)nc(-c3ccccc3-c3ccccc3)n2)cc1. The molecule has 4 aromatic heterocycles.